The summed E-state index contributed by atoms with van der Waals surface area (Å²) in [5.41, 5.74) is 7.33. The van der Waals surface area contributed by atoms with E-state index in [1.54, 1.807) is 6.20 Å². The van der Waals surface area contributed by atoms with Crippen LogP contribution in [0.2, 0.25) is 5.02 Å². The molecule has 1 aliphatic rings. The second-order valence-electron chi connectivity index (χ2n) is 4.83. The van der Waals surface area contributed by atoms with Crippen molar-refractivity contribution in [3.63, 3.8) is 0 Å². The molecule has 0 radical (unpaired) electrons. The Morgan fingerprint density at radius 1 is 1.42 bits per heavy atom. The van der Waals surface area contributed by atoms with E-state index < -0.39 is 0 Å². The number of pyridine rings is 1. The topological polar surface area (TPSA) is 59.2 Å². The lowest BCUT2D eigenvalue weighted by molar-refractivity contribution is -0.121. The number of hydrogen-bond acceptors (Lipinski definition) is 3. The Labute approximate surface area is 116 Å². The van der Waals surface area contributed by atoms with Crippen molar-refractivity contribution in [2.45, 2.75) is 6.42 Å². The third-order valence-electron chi connectivity index (χ3n) is 3.61. The van der Waals surface area contributed by atoms with Crippen molar-refractivity contribution in [2.75, 3.05) is 18.0 Å². The number of carbonyl (C=O) groups is 1. The molecule has 0 aliphatic carbocycles. The van der Waals surface area contributed by atoms with Crippen molar-refractivity contribution < 1.29 is 4.79 Å². The van der Waals surface area contributed by atoms with Gasteiger partial charge in [0.25, 0.3) is 0 Å². The van der Waals surface area contributed by atoms with E-state index in [2.05, 4.69) is 9.88 Å². The van der Waals surface area contributed by atoms with Crippen molar-refractivity contribution in [2.24, 2.45) is 11.7 Å². The molecular weight excluding hydrogens is 262 g/mol. The largest absolute Gasteiger partial charge is 0.370 e. The molecule has 1 aromatic heterocycles. The lowest BCUT2D eigenvalue weighted by Gasteiger charge is -2.20. The van der Waals surface area contributed by atoms with Crippen LogP contribution >= 0.6 is 11.6 Å². The zero-order chi connectivity index (χ0) is 13.4. The number of rotatable bonds is 2. The Bertz CT molecular complexity index is 644. The van der Waals surface area contributed by atoms with E-state index in [1.807, 2.05) is 24.3 Å². The molecule has 1 unspecified atom stereocenters. The molecule has 2 aromatic rings. The van der Waals surface area contributed by atoms with Gasteiger partial charge in [0, 0.05) is 35.4 Å². The third-order valence-corrected chi connectivity index (χ3v) is 3.85. The maximum absolute atomic E-state index is 11.3. The van der Waals surface area contributed by atoms with Crippen LogP contribution < -0.4 is 10.6 Å². The van der Waals surface area contributed by atoms with Crippen molar-refractivity contribution >= 4 is 34.1 Å². The summed E-state index contributed by atoms with van der Waals surface area (Å²) in [6.07, 6.45) is 2.58. The summed E-state index contributed by atoms with van der Waals surface area (Å²) < 4.78 is 0. The number of nitrogens with two attached hydrogens (primary N) is 1. The predicted octanol–water partition coefficient (Wildman–Crippen LogP) is 2.20. The van der Waals surface area contributed by atoms with Gasteiger partial charge in [-0.2, -0.15) is 0 Å². The van der Waals surface area contributed by atoms with Crippen LogP contribution in [-0.4, -0.2) is 24.0 Å². The minimum absolute atomic E-state index is 0.0597. The molecule has 1 amide bonds. The first kappa shape index (κ1) is 12.2. The van der Waals surface area contributed by atoms with E-state index in [1.165, 1.54) is 0 Å². The highest BCUT2D eigenvalue weighted by Crippen LogP contribution is 2.31. The van der Waals surface area contributed by atoms with Gasteiger partial charge in [0.05, 0.1) is 11.4 Å². The second kappa shape index (κ2) is 4.70. The summed E-state index contributed by atoms with van der Waals surface area (Å²) in [6, 6.07) is 7.65. The minimum atomic E-state index is -0.219. The van der Waals surface area contributed by atoms with Crippen molar-refractivity contribution in [3.8, 4) is 0 Å². The lowest BCUT2D eigenvalue weighted by atomic mass is 10.1. The summed E-state index contributed by atoms with van der Waals surface area (Å²) in [7, 11) is 0. The van der Waals surface area contributed by atoms with Gasteiger partial charge in [-0.05, 0) is 30.7 Å². The average Bonchev–Trinajstić information content (AvgIpc) is 2.87. The fourth-order valence-corrected chi connectivity index (χ4v) is 2.76. The number of aromatic nitrogens is 1. The number of nitrogens with zero attached hydrogens (tertiary/aromatic N) is 2. The van der Waals surface area contributed by atoms with E-state index >= 15 is 0 Å². The summed E-state index contributed by atoms with van der Waals surface area (Å²) >= 11 is 5.98. The molecule has 0 saturated carbocycles. The van der Waals surface area contributed by atoms with Crippen LogP contribution in [0.3, 0.4) is 0 Å². The maximum atomic E-state index is 11.3. The van der Waals surface area contributed by atoms with Crippen LogP contribution in [0.1, 0.15) is 6.42 Å². The van der Waals surface area contributed by atoms with Gasteiger partial charge in [0.15, 0.2) is 0 Å². The van der Waals surface area contributed by atoms with E-state index in [0.717, 1.165) is 29.6 Å². The van der Waals surface area contributed by atoms with Crippen LogP contribution in [0, 0.1) is 5.92 Å². The highest BCUT2D eigenvalue weighted by molar-refractivity contribution is 6.31. The number of carbonyl (C=O) groups excluding carboxylic acids is 1. The first-order valence-corrected chi connectivity index (χ1v) is 6.61. The Balaban J connectivity index is 2.00. The van der Waals surface area contributed by atoms with E-state index in [9.17, 15) is 4.79 Å². The SMILES string of the molecule is NC(=O)C1CCN(c2ccnc3cc(Cl)ccc23)C1. The van der Waals surface area contributed by atoms with Gasteiger partial charge in [-0.3, -0.25) is 9.78 Å². The maximum Gasteiger partial charge on any atom is 0.222 e. The fraction of sp³-hybridized carbons (Fsp3) is 0.286. The minimum Gasteiger partial charge on any atom is -0.370 e. The number of fused-ring (bicyclic) bond motifs is 1. The van der Waals surface area contributed by atoms with Gasteiger partial charge in [-0.25, -0.2) is 0 Å². The zero-order valence-electron chi connectivity index (χ0n) is 10.3. The Kier molecular flexibility index (Phi) is 3.03. The monoisotopic (exact) mass is 275 g/mol. The van der Waals surface area contributed by atoms with Gasteiger partial charge < -0.3 is 10.6 Å². The van der Waals surface area contributed by atoms with Gasteiger partial charge in [0.2, 0.25) is 5.91 Å². The molecule has 1 aromatic carbocycles. The van der Waals surface area contributed by atoms with E-state index in [4.69, 9.17) is 17.3 Å². The van der Waals surface area contributed by atoms with Crippen LogP contribution in [0.25, 0.3) is 10.9 Å². The Morgan fingerprint density at radius 3 is 3.00 bits per heavy atom. The number of benzene rings is 1. The molecule has 2 heterocycles. The van der Waals surface area contributed by atoms with Gasteiger partial charge in [-0.15, -0.1) is 0 Å². The summed E-state index contributed by atoms with van der Waals surface area (Å²) in [4.78, 5) is 17.8. The summed E-state index contributed by atoms with van der Waals surface area (Å²) in [6.45, 7) is 1.52. The molecule has 3 rings (SSSR count). The molecular formula is C14H14ClN3O. The van der Waals surface area contributed by atoms with E-state index in [0.29, 0.717) is 11.6 Å². The summed E-state index contributed by atoms with van der Waals surface area (Å²) in [5, 5.41) is 1.73. The van der Waals surface area contributed by atoms with Crippen LogP contribution in [0.15, 0.2) is 30.5 Å². The number of amides is 1. The molecule has 1 saturated heterocycles. The molecule has 1 fully saturated rings. The molecule has 19 heavy (non-hydrogen) atoms. The number of halogens is 1. The summed E-state index contributed by atoms with van der Waals surface area (Å²) in [5.74, 6) is -0.278. The van der Waals surface area contributed by atoms with E-state index in [-0.39, 0.29) is 11.8 Å². The molecule has 98 valence electrons. The Hall–Kier alpha value is -1.81. The molecule has 1 aliphatic heterocycles. The highest BCUT2D eigenvalue weighted by Gasteiger charge is 2.27. The van der Waals surface area contributed by atoms with Gasteiger partial charge in [-0.1, -0.05) is 11.6 Å². The van der Waals surface area contributed by atoms with Crippen LogP contribution in [0.5, 0.6) is 0 Å². The predicted molar refractivity (Wildman–Crippen MR) is 76.3 cm³/mol. The lowest BCUT2D eigenvalue weighted by Crippen LogP contribution is -2.27. The molecule has 4 nitrogen and oxygen atoms in total. The van der Waals surface area contributed by atoms with Gasteiger partial charge in [0.1, 0.15) is 0 Å². The molecule has 5 heteroatoms. The highest BCUT2D eigenvalue weighted by atomic mass is 35.5. The molecule has 0 bridgehead atoms. The van der Waals surface area contributed by atoms with Crippen LogP contribution in [-0.2, 0) is 4.79 Å². The van der Waals surface area contributed by atoms with Crippen molar-refractivity contribution in [3.05, 3.63) is 35.5 Å². The molecule has 1 atom stereocenters. The quantitative estimate of drug-likeness (QED) is 0.914. The smallest absolute Gasteiger partial charge is 0.222 e. The van der Waals surface area contributed by atoms with Crippen molar-refractivity contribution in [1.29, 1.82) is 0 Å². The molecule has 0 spiro atoms. The van der Waals surface area contributed by atoms with Crippen molar-refractivity contribution in [1.82, 2.24) is 4.98 Å². The number of hydrogen-bond donors (Lipinski definition) is 1. The normalized spacial score (nSPS) is 19.0. The second-order valence-corrected chi connectivity index (χ2v) is 5.26. The standard InChI is InChI=1S/C14H14ClN3O/c15-10-1-2-11-12(7-10)17-5-3-13(11)18-6-4-9(8-18)14(16)19/h1-3,5,7,9H,4,6,8H2,(H2,16,19). The van der Waals surface area contributed by atoms with Crippen LogP contribution in [0.4, 0.5) is 5.69 Å². The Morgan fingerprint density at radius 2 is 2.26 bits per heavy atom. The first-order chi connectivity index (χ1) is 9.15. The zero-order valence-corrected chi connectivity index (χ0v) is 11.1. The van der Waals surface area contributed by atoms with Gasteiger partial charge >= 0.3 is 0 Å². The average molecular weight is 276 g/mol. The fourth-order valence-electron chi connectivity index (χ4n) is 2.59. The number of anilines is 1. The third kappa shape index (κ3) is 2.24. The number of primary amides is 1. The molecule has 2 N–H and O–H groups in total. The first-order valence-electron chi connectivity index (χ1n) is 6.23.